The highest BCUT2D eigenvalue weighted by Crippen LogP contribution is 2.54. The zero-order chi connectivity index (χ0) is 16.8. The van der Waals surface area contributed by atoms with E-state index in [1.165, 1.54) is 0 Å². The number of benzene rings is 1. The Labute approximate surface area is 142 Å². The predicted octanol–water partition coefficient (Wildman–Crippen LogP) is 3.04. The van der Waals surface area contributed by atoms with Crippen LogP contribution < -0.4 is 0 Å². The van der Waals surface area contributed by atoms with E-state index in [9.17, 15) is 9.90 Å². The number of carbonyl (C=O) groups excluding carboxylic acids is 1. The molecule has 2 aliphatic rings. The van der Waals surface area contributed by atoms with E-state index < -0.39 is 6.10 Å². The van der Waals surface area contributed by atoms with Crippen LogP contribution in [-0.2, 0) is 9.53 Å². The van der Waals surface area contributed by atoms with Gasteiger partial charge in [-0.25, -0.2) is 0 Å². The smallest absolute Gasteiger partial charge is 0.225 e. The van der Waals surface area contributed by atoms with Crippen LogP contribution in [-0.4, -0.2) is 41.7 Å². The largest absolute Gasteiger partial charge is 0.388 e. The van der Waals surface area contributed by atoms with Crippen LogP contribution in [0, 0.1) is 11.3 Å². The molecule has 1 amide bonds. The number of hydrogen-bond donors (Lipinski definition) is 1. The molecule has 1 saturated carbocycles. The molecule has 1 aromatic carbocycles. The Hall–Kier alpha value is -1.10. The van der Waals surface area contributed by atoms with Gasteiger partial charge in [-0.3, -0.25) is 4.79 Å². The van der Waals surface area contributed by atoms with Gasteiger partial charge in [0.15, 0.2) is 0 Å². The maximum atomic E-state index is 12.6. The fraction of sp³-hybridized carbons (Fsp3) is 0.611. The van der Waals surface area contributed by atoms with Gasteiger partial charge in [-0.05, 0) is 24.1 Å². The van der Waals surface area contributed by atoms with E-state index >= 15 is 0 Å². The first kappa shape index (κ1) is 16.7. The molecule has 1 aromatic rings. The average molecular weight is 338 g/mol. The summed E-state index contributed by atoms with van der Waals surface area (Å²) in [5.74, 6) is 0.391. The van der Waals surface area contributed by atoms with Crippen LogP contribution >= 0.6 is 11.6 Å². The molecule has 4 atom stereocenters. The maximum Gasteiger partial charge on any atom is 0.225 e. The number of halogens is 1. The van der Waals surface area contributed by atoms with Gasteiger partial charge in [-0.1, -0.05) is 37.6 Å². The van der Waals surface area contributed by atoms with Gasteiger partial charge in [-0.15, -0.1) is 0 Å². The summed E-state index contributed by atoms with van der Waals surface area (Å²) >= 11 is 5.85. The van der Waals surface area contributed by atoms with Crippen LogP contribution in [0.4, 0.5) is 0 Å². The summed E-state index contributed by atoms with van der Waals surface area (Å²) in [4.78, 5) is 14.4. The molecule has 1 heterocycles. The van der Waals surface area contributed by atoms with E-state index in [1.807, 2.05) is 11.9 Å². The molecule has 1 aliphatic carbocycles. The molecule has 4 nitrogen and oxygen atoms in total. The predicted molar refractivity (Wildman–Crippen MR) is 89.2 cm³/mol. The Morgan fingerprint density at radius 1 is 1.43 bits per heavy atom. The molecule has 0 bridgehead atoms. The van der Waals surface area contributed by atoms with Gasteiger partial charge < -0.3 is 14.7 Å². The van der Waals surface area contributed by atoms with E-state index in [4.69, 9.17) is 16.3 Å². The number of ether oxygens (including phenoxy) is 1. The quantitative estimate of drug-likeness (QED) is 0.918. The van der Waals surface area contributed by atoms with E-state index in [0.717, 1.165) is 13.0 Å². The van der Waals surface area contributed by atoms with Gasteiger partial charge in [0.05, 0.1) is 18.6 Å². The Kier molecular flexibility index (Phi) is 4.43. The van der Waals surface area contributed by atoms with Crippen molar-refractivity contribution in [3.8, 4) is 0 Å². The molecule has 1 N–H and O–H groups in total. The lowest BCUT2D eigenvalue weighted by molar-refractivity contribution is -0.168. The third-order valence-corrected chi connectivity index (χ3v) is 5.72. The van der Waals surface area contributed by atoms with Crippen LogP contribution in [0.1, 0.15) is 38.4 Å². The molecule has 5 heteroatoms. The maximum absolute atomic E-state index is 12.6. The number of nitrogens with zero attached hydrogens (tertiary/aromatic N) is 1. The van der Waals surface area contributed by atoms with Gasteiger partial charge in [0.25, 0.3) is 0 Å². The van der Waals surface area contributed by atoms with Crippen LogP contribution in [0.25, 0.3) is 0 Å². The van der Waals surface area contributed by atoms with Crippen LogP contribution in [0.5, 0.6) is 0 Å². The highest BCUT2D eigenvalue weighted by atomic mass is 35.5. The van der Waals surface area contributed by atoms with Crippen molar-refractivity contribution in [2.45, 2.75) is 44.9 Å². The number of hydrogen-bond acceptors (Lipinski definition) is 3. The first-order valence-corrected chi connectivity index (χ1v) is 8.51. The lowest BCUT2D eigenvalue weighted by Gasteiger charge is -2.57. The average Bonchev–Trinajstić information content (AvgIpc) is 2.93. The number of amides is 1. The summed E-state index contributed by atoms with van der Waals surface area (Å²) in [6.45, 7) is 5.10. The molecule has 0 spiro atoms. The lowest BCUT2D eigenvalue weighted by Crippen LogP contribution is -2.67. The molecule has 1 aliphatic heterocycles. The van der Waals surface area contributed by atoms with Crippen LogP contribution in [0.3, 0.4) is 0 Å². The Morgan fingerprint density at radius 2 is 2.09 bits per heavy atom. The number of aliphatic hydroxyl groups is 1. The number of aliphatic hydroxyl groups excluding tert-OH is 1. The molecule has 23 heavy (non-hydrogen) atoms. The summed E-state index contributed by atoms with van der Waals surface area (Å²) in [5, 5.41) is 10.9. The lowest BCUT2D eigenvalue weighted by atomic mass is 9.56. The monoisotopic (exact) mass is 337 g/mol. The summed E-state index contributed by atoms with van der Waals surface area (Å²) in [6.07, 6.45) is 0.545. The van der Waals surface area contributed by atoms with Gasteiger partial charge in [-0.2, -0.15) is 0 Å². The number of fused-ring (bicyclic) bond motifs is 1. The van der Waals surface area contributed by atoms with Gasteiger partial charge >= 0.3 is 0 Å². The first-order chi connectivity index (χ1) is 10.8. The minimum Gasteiger partial charge on any atom is -0.388 e. The minimum atomic E-state index is -0.805. The highest BCUT2D eigenvalue weighted by Gasteiger charge is 2.61. The SMILES string of the molecule is CN(C(=O)CC(O)c1ccc(Cl)cc1)C1C2CCOC2C1(C)C. The van der Waals surface area contributed by atoms with Crippen molar-refractivity contribution in [2.75, 3.05) is 13.7 Å². The second-order valence-electron chi connectivity index (χ2n) is 7.29. The zero-order valence-electron chi connectivity index (χ0n) is 13.8. The zero-order valence-corrected chi connectivity index (χ0v) is 14.6. The number of rotatable bonds is 4. The van der Waals surface area contributed by atoms with Gasteiger partial charge in [0.1, 0.15) is 0 Å². The minimum absolute atomic E-state index is 0.0310. The summed E-state index contributed by atoms with van der Waals surface area (Å²) in [7, 11) is 1.85. The van der Waals surface area contributed by atoms with E-state index in [0.29, 0.717) is 16.5 Å². The van der Waals surface area contributed by atoms with Crippen molar-refractivity contribution < 1.29 is 14.6 Å². The molecule has 0 radical (unpaired) electrons. The molecule has 4 unspecified atom stereocenters. The van der Waals surface area contributed by atoms with Crippen molar-refractivity contribution in [3.05, 3.63) is 34.9 Å². The fourth-order valence-electron chi connectivity index (χ4n) is 4.35. The third kappa shape index (κ3) is 2.88. The summed E-state index contributed by atoms with van der Waals surface area (Å²) in [5.41, 5.74) is 0.683. The van der Waals surface area contributed by atoms with Gasteiger partial charge in [0, 0.05) is 36.1 Å². The second kappa shape index (κ2) is 6.08. The normalized spacial score (nSPS) is 29.5. The van der Waals surface area contributed by atoms with Crippen molar-refractivity contribution in [1.82, 2.24) is 4.90 Å². The second-order valence-corrected chi connectivity index (χ2v) is 7.72. The fourth-order valence-corrected chi connectivity index (χ4v) is 4.48. The van der Waals surface area contributed by atoms with Crippen LogP contribution in [0.2, 0.25) is 5.02 Å². The molecule has 126 valence electrons. The Balaban J connectivity index is 1.65. The Morgan fingerprint density at radius 3 is 2.74 bits per heavy atom. The topological polar surface area (TPSA) is 49.8 Å². The van der Waals surface area contributed by atoms with Crippen LogP contribution in [0.15, 0.2) is 24.3 Å². The Bertz CT molecular complexity index is 586. The number of carbonyl (C=O) groups is 1. The standard InChI is InChI=1S/C18H24ClNO3/c1-18(2)16(13-8-9-23-17(13)18)20(3)15(22)10-14(21)11-4-6-12(19)7-5-11/h4-7,13-14,16-17,21H,8-10H2,1-3H3. The molecule has 1 saturated heterocycles. The van der Waals surface area contributed by atoms with E-state index in [1.54, 1.807) is 24.3 Å². The molecular formula is C18H24ClNO3. The molecule has 3 rings (SSSR count). The van der Waals surface area contributed by atoms with E-state index in [-0.39, 0.29) is 29.9 Å². The molecule has 0 aromatic heterocycles. The molecule has 2 fully saturated rings. The van der Waals surface area contributed by atoms with Gasteiger partial charge in [0.2, 0.25) is 5.91 Å². The summed E-state index contributed by atoms with van der Waals surface area (Å²) in [6, 6.07) is 7.15. The van der Waals surface area contributed by atoms with Crippen molar-refractivity contribution in [3.63, 3.8) is 0 Å². The van der Waals surface area contributed by atoms with Crippen molar-refractivity contribution >= 4 is 17.5 Å². The highest BCUT2D eigenvalue weighted by molar-refractivity contribution is 6.30. The van der Waals surface area contributed by atoms with E-state index in [2.05, 4.69) is 13.8 Å². The van der Waals surface area contributed by atoms with Crippen molar-refractivity contribution in [1.29, 1.82) is 0 Å². The third-order valence-electron chi connectivity index (χ3n) is 5.47. The molecular weight excluding hydrogens is 314 g/mol. The first-order valence-electron chi connectivity index (χ1n) is 8.13. The van der Waals surface area contributed by atoms with Crippen molar-refractivity contribution in [2.24, 2.45) is 11.3 Å². The summed E-state index contributed by atoms with van der Waals surface area (Å²) < 4.78 is 5.79.